The molecule has 0 atom stereocenters. The monoisotopic (exact) mass is 194 g/mol. The van der Waals surface area contributed by atoms with Gasteiger partial charge in [-0.05, 0) is 11.0 Å². The zero-order valence-corrected chi connectivity index (χ0v) is 5.41. The van der Waals surface area contributed by atoms with Gasteiger partial charge in [-0.3, -0.25) is 0 Å². The Morgan fingerprint density at radius 3 is 0.750 bits per heavy atom. The third-order valence-electron chi connectivity index (χ3n) is 0. The minimum Gasteiger partial charge on any atom is -0.147 e. The van der Waals surface area contributed by atoms with Gasteiger partial charge in [-0.1, -0.05) is 0 Å². The summed E-state index contributed by atoms with van der Waals surface area (Å²) in [5, 5.41) is 0. The molecule has 0 unspecified atom stereocenters. The van der Waals surface area contributed by atoms with Crippen molar-refractivity contribution < 1.29 is 26.2 Å². The van der Waals surface area contributed by atoms with Crippen molar-refractivity contribution in [1.29, 1.82) is 0 Å². The smallest absolute Gasteiger partial charge is 0 e. The second-order valence-corrected chi connectivity index (χ2v) is 0. The van der Waals surface area contributed by atoms with Gasteiger partial charge in [-0.2, -0.15) is 0 Å². The minimum atomic E-state index is 0. The molecule has 0 radical (unpaired) electrons. The quantitative estimate of drug-likeness (QED) is 0.453. The Labute approximate surface area is 61.7 Å². The molecule has 4 heteroatoms. The summed E-state index contributed by atoms with van der Waals surface area (Å²) in [6.07, 6.45) is 0. The number of hydrogen-bond donors (Lipinski definition) is 0. The summed E-state index contributed by atoms with van der Waals surface area (Å²) in [5.74, 6) is 0. The van der Waals surface area contributed by atoms with Crippen LogP contribution in [0, 0.1) is 0 Å². The molecule has 4 heavy (non-hydrogen) atoms. The summed E-state index contributed by atoms with van der Waals surface area (Å²) in [6.45, 7) is 0. The summed E-state index contributed by atoms with van der Waals surface area (Å²) in [4.78, 5) is 0. The maximum atomic E-state index is 0. The fourth-order valence-electron chi connectivity index (χ4n) is 0. The van der Waals surface area contributed by atoms with E-state index >= 15 is 0 Å². The Hall–Kier alpha value is 1.68. The van der Waals surface area contributed by atoms with E-state index in [-0.39, 0.29) is 62.0 Å². The van der Waals surface area contributed by atoms with Crippen LogP contribution < -0.4 is 0 Å². The normalized spacial score (nSPS) is 0. The maximum absolute atomic E-state index is 0. The molecule has 0 aromatic rings. The fraction of sp³-hybridized carbons (Fsp3) is 0. The van der Waals surface area contributed by atoms with Crippen LogP contribution in [0.15, 0.2) is 0 Å². The molecule has 0 rings (SSSR count). The van der Waals surface area contributed by atoms with Crippen molar-refractivity contribution in [2.24, 2.45) is 0 Å². The van der Waals surface area contributed by atoms with E-state index in [1.165, 1.54) is 0 Å². The van der Waals surface area contributed by atoms with Crippen LogP contribution in [-0.4, -0.2) is 11.0 Å². The average Bonchev–Trinajstić information content (AvgIpc) is 0. The molecule has 0 aliphatic rings. The molecule has 0 nitrogen and oxygen atoms in total. The van der Waals surface area contributed by atoms with Gasteiger partial charge in [0.15, 0.2) is 0 Å². The Kier molecular flexibility index (Phi) is 247. The molecule has 0 N–H and O–H groups in total. The van der Waals surface area contributed by atoms with Crippen LogP contribution in [0.4, 0.5) is 0 Å². The summed E-state index contributed by atoms with van der Waals surface area (Å²) >= 11 is 0. The topological polar surface area (TPSA) is 0 Å². The summed E-state index contributed by atoms with van der Waals surface area (Å²) < 4.78 is 0. The van der Waals surface area contributed by atoms with Crippen molar-refractivity contribution in [3.05, 3.63) is 0 Å². The van der Waals surface area contributed by atoms with E-state index in [2.05, 4.69) is 0 Å². The molecule has 28 valence electrons. The molecular formula is H6Cl2SiZr. The fourth-order valence-corrected chi connectivity index (χ4v) is 0. The van der Waals surface area contributed by atoms with Crippen LogP contribution in [0.5, 0.6) is 0 Å². The summed E-state index contributed by atoms with van der Waals surface area (Å²) in [5.41, 5.74) is 0. The molecule has 0 amide bonds. The van der Waals surface area contributed by atoms with E-state index in [1.807, 2.05) is 0 Å². The van der Waals surface area contributed by atoms with E-state index in [9.17, 15) is 0 Å². The standard InChI is InChI=1S/2ClH.H4Si.Zr/h2*1H;1H4;. The first kappa shape index (κ1) is 44.1. The maximum Gasteiger partial charge on any atom is 0 e. The largest absolute Gasteiger partial charge is 0.147 e. The molecular weight excluding hydrogens is 190 g/mol. The molecule has 0 heterocycles. The first-order chi connectivity index (χ1) is 0. The van der Waals surface area contributed by atoms with Gasteiger partial charge in [0.2, 0.25) is 0 Å². The van der Waals surface area contributed by atoms with Crippen LogP contribution in [0.25, 0.3) is 0 Å². The summed E-state index contributed by atoms with van der Waals surface area (Å²) in [6, 6.07) is 0. The molecule has 0 aromatic heterocycles. The molecule has 0 spiro atoms. The molecule has 0 saturated carbocycles. The molecule has 0 saturated heterocycles. The third-order valence-corrected chi connectivity index (χ3v) is 0. The van der Waals surface area contributed by atoms with Gasteiger partial charge >= 0.3 is 0 Å². The van der Waals surface area contributed by atoms with E-state index in [1.54, 1.807) is 0 Å². The third kappa shape index (κ3) is 9.36. The summed E-state index contributed by atoms with van der Waals surface area (Å²) in [7, 11) is 0. The molecule has 0 fully saturated rings. The SMILES string of the molecule is Cl.Cl.[SiH4].[Zr]. The molecule has 0 aliphatic heterocycles. The van der Waals surface area contributed by atoms with Crippen LogP contribution in [0.3, 0.4) is 0 Å². The van der Waals surface area contributed by atoms with Gasteiger partial charge in [-0.15, -0.1) is 24.8 Å². The Balaban J connectivity index is 0. The van der Waals surface area contributed by atoms with Crippen LogP contribution in [-0.2, 0) is 26.2 Å². The first-order valence-electron chi connectivity index (χ1n) is 0. The van der Waals surface area contributed by atoms with Crippen LogP contribution in [0.2, 0.25) is 0 Å². The Bertz CT molecular complexity index is 6.00. The van der Waals surface area contributed by atoms with Crippen LogP contribution >= 0.6 is 24.8 Å². The van der Waals surface area contributed by atoms with Gasteiger partial charge in [0, 0.05) is 26.2 Å². The van der Waals surface area contributed by atoms with Crippen molar-refractivity contribution in [1.82, 2.24) is 0 Å². The Morgan fingerprint density at radius 1 is 0.750 bits per heavy atom. The van der Waals surface area contributed by atoms with Gasteiger partial charge < -0.3 is 0 Å². The van der Waals surface area contributed by atoms with Gasteiger partial charge in [-0.25, -0.2) is 0 Å². The predicted octanol–water partition coefficient (Wildman–Crippen LogP) is -0.611. The zero-order chi connectivity index (χ0) is 0. The van der Waals surface area contributed by atoms with Crippen LogP contribution in [0.1, 0.15) is 0 Å². The van der Waals surface area contributed by atoms with Gasteiger partial charge in [0.25, 0.3) is 0 Å². The second-order valence-electron chi connectivity index (χ2n) is 0. The van der Waals surface area contributed by atoms with E-state index in [0.717, 1.165) is 0 Å². The minimum absolute atomic E-state index is 0. The molecule has 0 aromatic carbocycles. The number of hydrogen-bond acceptors (Lipinski definition) is 0. The van der Waals surface area contributed by atoms with Crippen molar-refractivity contribution >= 4 is 35.8 Å². The van der Waals surface area contributed by atoms with Crippen molar-refractivity contribution in [2.45, 2.75) is 0 Å². The number of halogens is 2. The predicted molar refractivity (Wildman–Crippen MR) is 25.8 cm³/mol. The average molecular weight is 196 g/mol. The second kappa shape index (κ2) is 22.5. The molecule has 0 aliphatic carbocycles. The Morgan fingerprint density at radius 2 is 0.750 bits per heavy atom. The van der Waals surface area contributed by atoms with Gasteiger partial charge in [0.1, 0.15) is 0 Å². The number of rotatable bonds is 0. The van der Waals surface area contributed by atoms with Crippen molar-refractivity contribution in [3.8, 4) is 0 Å². The first-order valence-corrected chi connectivity index (χ1v) is 0. The van der Waals surface area contributed by atoms with E-state index in [4.69, 9.17) is 0 Å². The zero-order valence-electron chi connectivity index (χ0n) is 1.32. The van der Waals surface area contributed by atoms with Crippen molar-refractivity contribution in [2.75, 3.05) is 0 Å². The van der Waals surface area contributed by atoms with Gasteiger partial charge in [0.05, 0.1) is 0 Å². The van der Waals surface area contributed by atoms with E-state index < -0.39 is 0 Å². The van der Waals surface area contributed by atoms with E-state index in [0.29, 0.717) is 0 Å². The molecule has 0 bridgehead atoms. The van der Waals surface area contributed by atoms with Crippen molar-refractivity contribution in [3.63, 3.8) is 0 Å².